The minimum atomic E-state index is 0.472. The van der Waals surface area contributed by atoms with Crippen LogP contribution in [0.25, 0.3) is 0 Å². The molecule has 0 atom stereocenters. The maximum absolute atomic E-state index is 10.9. The van der Waals surface area contributed by atoms with Gasteiger partial charge in [0.2, 0.25) is 6.67 Å². The Balaban J connectivity index is 2.24. The summed E-state index contributed by atoms with van der Waals surface area (Å²) in [5.41, 5.74) is 0. The van der Waals surface area contributed by atoms with Gasteiger partial charge in [-0.15, -0.1) is 0 Å². The van der Waals surface area contributed by atoms with E-state index in [9.17, 15) is 5.21 Å². The van der Waals surface area contributed by atoms with Crippen molar-refractivity contribution in [2.45, 2.75) is 6.92 Å². The molecule has 0 bridgehead atoms. The van der Waals surface area contributed by atoms with Crippen molar-refractivity contribution in [2.24, 2.45) is 0 Å². The molecule has 0 spiro atoms. The smallest absolute Gasteiger partial charge is 0.209 e. The van der Waals surface area contributed by atoms with Gasteiger partial charge in [-0.3, -0.25) is 0 Å². The highest BCUT2D eigenvalue weighted by molar-refractivity contribution is 5.46. The highest BCUT2D eigenvalue weighted by Gasteiger charge is 2.11. The maximum Gasteiger partial charge on any atom is 0.209 e. The summed E-state index contributed by atoms with van der Waals surface area (Å²) in [6.45, 7) is 5.45. The molecule has 11 heavy (non-hydrogen) atoms. The van der Waals surface area contributed by atoms with E-state index in [4.69, 9.17) is 4.74 Å². The Morgan fingerprint density at radius 2 is 2.18 bits per heavy atom. The molecular weight excluding hydrogens is 144 g/mol. The molecule has 1 fully saturated rings. The molecule has 0 aromatic rings. The fourth-order valence-corrected chi connectivity index (χ4v) is 1.02. The molecule has 4 nitrogen and oxygen atoms in total. The summed E-state index contributed by atoms with van der Waals surface area (Å²) in [7, 11) is 0. The maximum atomic E-state index is 10.9. The summed E-state index contributed by atoms with van der Waals surface area (Å²) in [6, 6.07) is 0. The Morgan fingerprint density at radius 1 is 1.55 bits per heavy atom. The summed E-state index contributed by atoms with van der Waals surface area (Å²) in [6.07, 6.45) is 1.54. The van der Waals surface area contributed by atoms with Crippen molar-refractivity contribution in [2.75, 3.05) is 33.0 Å². The van der Waals surface area contributed by atoms with Crippen LogP contribution in [0, 0.1) is 5.21 Å². The van der Waals surface area contributed by atoms with Gasteiger partial charge in [-0.05, 0) is 0 Å². The highest BCUT2D eigenvalue weighted by Crippen LogP contribution is 1.95. The minimum Gasteiger partial charge on any atom is -0.623 e. The van der Waals surface area contributed by atoms with Crippen LogP contribution in [-0.4, -0.2) is 48.8 Å². The highest BCUT2D eigenvalue weighted by atomic mass is 16.5. The van der Waals surface area contributed by atoms with E-state index < -0.39 is 0 Å². The van der Waals surface area contributed by atoms with E-state index in [-0.39, 0.29) is 0 Å². The number of morpholine rings is 1. The first-order valence-corrected chi connectivity index (χ1v) is 3.86. The third kappa shape index (κ3) is 2.86. The van der Waals surface area contributed by atoms with Gasteiger partial charge in [-0.2, -0.15) is 0 Å². The first-order valence-electron chi connectivity index (χ1n) is 3.86. The monoisotopic (exact) mass is 158 g/mol. The molecule has 0 aliphatic carbocycles. The summed E-state index contributed by atoms with van der Waals surface area (Å²) >= 11 is 0. The zero-order valence-corrected chi connectivity index (χ0v) is 6.82. The van der Waals surface area contributed by atoms with Gasteiger partial charge < -0.3 is 9.94 Å². The first kappa shape index (κ1) is 8.49. The topological polar surface area (TPSA) is 38.5 Å². The molecule has 64 valence electrons. The van der Waals surface area contributed by atoms with Crippen molar-refractivity contribution in [1.29, 1.82) is 0 Å². The molecule has 1 heterocycles. The SMILES string of the molecule is C/C=[N+](\[O-])CN1CCOCC1. The van der Waals surface area contributed by atoms with Crippen molar-refractivity contribution in [3.8, 4) is 0 Å². The van der Waals surface area contributed by atoms with E-state index in [2.05, 4.69) is 4.90 Å². The molecule has 0 aromatic heterocycles. The third-order valence-electron chi connectivity index (χ3n) is 1.73. The van der Waals surface area contributed by atoms with Crippen LogP contribution in [-0.2, 0) is 4.74 Å². The lowest BCUT2D eigenvalue weighted by molar-refractivity contribution is -0.480. The van der Waals surface area contributed by atoms with Gasteiger partial charge in [0.25, 0.3) is 0 Å². The molecule has 0 N–H and O–H groups in total. The van der Waals surface area contributed by atoms with Gasteiger partial charge >= 0.3 is 0 Å². The van der Waals surface area contributed by atoms with Gasteiger partial charge in [0.05, 0.1) is 13.2 Å². The van der Waals surface area contributed by atoms with Crippen LogP contribution in [0.4, 0.5) is 0 Å². The number of hydroxylamine groups is 1. The summed E-state index contributed by atoms with van der Waals surface area (Å²) in [4.78, 5) is 2.08. The second kappa shape index (κ2) is 4.31. The summed E-state index contributed by atoms with van der Waals surface area (Å²) in [5.74, 6) is 0. The average molecular weight is 158 g/mol. The van der Waals surface area contributed by atoms with Gasteiger partial charge in [0.1, 0.15) is 6.21 Å². The molecule has 4 heteroatoms. The van der Waals surface area contributed by atoms with Crippen molar-refractivity contribution >= 4 is 6.21 Å². The molecule has 0 radical (unpaired) electrons. The first-order chi connectivity index (χ1) is 5.33. The Hall–Kier alpha value is -0.610. The second-order valence-electron chi connectivity index (χ2n) is 2.55. The number of rotatable bonds is 2. The van der Waals surface area contributed by atoms with Crippen LogP contribution in [0.3, 0.4) is 0 Å². The molecule has 1 aliphatic heterocycles. The molecular formula is C7H14N2O2. The summed E-state index contributed by atoms with van der Waals surface area (Å²) < 4.78 is 6.08. The Kier molecular flexibility index (Phi) is 3.32. The van der Waals surface area contributed by atoms with Crippen molar-refractivity contribution in [3.05, 3.63) is 5.21 Å². The lowest BCUT2D eigenvalue weighted by atomic mass is 10.4. The standard InChI is InChI=1S/C7H14N2O2/c1-2-9(10)7-8-3-5-11-6-4-8/h2H,3-7H2,1H3/b9-2-. The van der Waals surface area contributed by atoms with E-state index >= 15 is 0 Å². The fraction of sp³-hybridized carbons (Fsp3) is 0.857. The Bertz CT molecular complexity index is 141. The van der Waals surface area contributed by atoms with E-state index in [1.54, 1.807) is 6.92 Å². The van der Waals surface area contributed by atoms with Gasteiger partial charge in [-0.25, -0.2) is 9.64 Å². The van der Waals surface area contributed by atoms with E-state index in [0.717, 1.165) is 31.0 Å². The predicted octanol–water partition coefficient (Wildman–Crippen LogP) is -0.123. The Morgan fingerprint density at radius 3 is 2.73 bits per heavy atom. The van der Waals surface area contributed by atoms with Crippen LogP contribution in [0.15, 0.2) is 0 Å². The lowest BCUT2D eigenvalue weighted by Crippen LogP contribution is -2.39. The zero-order valence-electron chi connectivity index (χ0n) is 6.82. The van der Waals surface area contributed by atoms with Gasteiger partial charge in [-0.1, -0.05) is 0 Å². The molecule has 1 aliphatic rings. The van der Waals surface area contributed by atoms with Crippen molar-refractivity contribution in [1.82, 2.24) is 4.90 Å². The number of ether oxygens (including phenoxy) is 1. The second-order valence-corrected chi connectivity index (χ2v) is 2.55. The quantitative estimate of drug-likeness (QED) is 0.243. The minimum absolute atomic E-state index is 0.472. The fourth-order valence-electron chi connectivity index (χ4n) is 1.02. The van der Waals surface area contributed by atoms with Crippen LogP contribution >= 0.6 is 0 Å². The summed E-state index contributed by atoms with van der Waals surface area (Å²) in [5, 5.41) is 10.9. The van der Waals surface area contributed by atoms with Crippen LogP contribution in [0.1, 0.15) is 6.92 Å². The average Bonchev–Trinajstić information content (AvgIpc) is 2.06. The van der Waals surface area contributed by atoms with Crippen LogP contribution in [0.2, 0.25) is 0 Å². The normalized spacial score (nSPS) is 22.1. The molecule has 0 aromatic carbocycles. The van der Waals surface area contributed by atoms with Gasteiger partial charge in [0.15, 0.2) is 0 Å². The van der Waals surface area contributed by atoms with Gasteiger partial charge in [0, 0.05) is 20.0 Å². The molecule has 0 amide bonds. The largest absolute Gasteiger partial charge is 0.623 e. The van der Waals surface area contributed by atoms with Crippen LogP contribution in [0.5, 0.6) is 0 Å². The molecule has 1 saturated heterocycles. The number of hydrogen-bond donors (Lipinski definition) is 0. The van der Waals surface area contributed by atoms with E-state index in [1.165, 1.54) is 6.21 Å². The molecule has 1 rings (SSSR count). The molecule has 0 unspecified atom stereocenters. The Labute approximate surface area is 66.7 Å². The third-order valence-corrected chi connectivity index (χ3v) is 1.73. The number of nitrogens with zero attached hydrogens (tertiary/aromatic N) is 2. The number of hydrogen-bond acceptors (Lipinski definition) is 3. The zero-order chi connectivity index (χ0) is 8.10. The van der Waals surface area contributed by atoms with Crippen molar-refractivity contribution in [3.63, 3.8) is 0 Å². The van der Waals surface area contributed by atoms with Crippen LogP contribution < -0.4 is 0 Å². The lowest BCUT2D eigenvalue weighted by Gasteiger charge is -2.24. The van der Waals surface area contributed by atoms with Crippen molar-refractivity contribution < 1.29 is 9.48 Å². The molecule has 0 saturated carbocycles. The van der Waals surface area contributed by atoms with E-state index in [0.29, 0.717) is 6.67 Å². The van der Waals surface area contributed by atoms with E-state index in [1.807, 2.05) is 0 Å². The predicted molar refractivity (Wildman–Crippen MR) is 42.6 cm³/mol.